The summed E-state index contributed by atoms with van der Waals surface area (Å²) < 4.78 is 35.8. The minimum Gasteiger partial charge on any atom is -0.489 e. The molecule has 0 amide bonds. The Morgan fingerprint density at radius 1 is 0.839 bits per heavy atom. The van der Waals surface area contributed by atoms with E-state index in [0.29, 0.717) is 17.9 Å². The normalized spacial score (nSPS) is 13.5. The molecule has 164 valence electrons. The van der Waals surface area contributed by atoms with Crippen LogP contribution in [0.5, 0.6) is 5.75 Å². The Balaban J connectivity index is 1.47. The van der Waals surface area contributed by atoms with E-state index in [0.717, 1.165) is 11.1 Å². The van der Waals surface area contributed by atoms with E-state index in [1.165, 1.54) is 12.1 Å². The van der Waals surface area contributed by atoms with Crippen molar-refractivity contribution in [3.63, 3.8) is 0 Å². The fraction of sp³-hybridized carbons (Fsp3) is 0.250. The topological polar surface area (TPSA) is 93.1 Å². The smallest absolute Gasteiger partial charge is 0.207 e. The van der Waals surface area contributed by atoms with Crippen LogP contribution in [0.1, 0.15) is 22.8 Å². The van der Waals surface area contributed by atoms with Crippen molar-refractivity contribution in [2.45, 2.75) is 30.0 Å². The lowest BCUT2D eigenvalue weighted by atomic mass is 10.1. The third kappa shape index (κ3) is 6.38. The number of hydrogen-bond donors (Lipinski definition) is 2. The monoisotopic (exact) mass is 442 g/mol. The molecule has 0 aliphatic heterocycles. The van der Waals surface area contributed by atoms with Gasteiger partial charge in [0, 0.05) is 0 Å². The van der Waals surface area contributed by atoms with Crippen LogP contribution in [-0.4, -0.2) is 37.3 Å². The first kappa shape index (κ1) is 23.0. The molecule has 6 nitrogen and oxygen atoms in total. The summed E-state index contributed by atoms with van der Waals surface area (Å²) in [6.07, 6.45) is -0.961. The zero-order valence-electron chi connectivity index (χ0n) is 17.2. The first-order valence-corrected chi connectivity index (χ1v) is 11.4. The largest absolute Gasteiger partial charge is 0.489 e. The molecule has 3 rings (SSSR count). The quantitative estimate of drug-likeness (QED) is 0.500. The third-order valence-corrected chi connectivity index (χ3v) is 6.54. The third-order valence-electron chi connectivity index (χ3n) is 4.76. The predicted molar refractivity (Wildman–Crippen MR) is 117 cm³/mol. The molecule has 0 aromatic heterocycles. The Bertz CT molecular complexity index is 1050. The molecule has 0 fully saturated rings. The Morgan fingerprint density at radius 2 is 1.48 bits per heavy atom. The number of aryl methyl sites for hydroxylation is 1. The maximum Gasteiger partial charge on any atom is 0.207 e. The summed E-state index contributed by atoms with van der Waals surface area (Å²) in [5, 5.41) is 20.3. The van der Waals surface area contributed by atoms with Crippen molar-refractivity contribution in [2.75, 3.05) is 13.2 Å². The number of aliphatic hydroxyl groups excluding tert-OH is 2. The number of benzene rings is 3. The molecule has 2 unspecified atom stereocenters. The molecule has 0 saturated carbocycles. The molecule has 31 heavy (non-hydrogen) atoms. The standard InChI is InChI=1S/C24H26O6S/c1-18-7-13-22(14-8-18)31(27,28)24(26)17-29-16-23(25)20-9-11-21(12-10-20)30-15-19-5-3-2-4-6-19/h2-14,23-26H,15-17H2,1H3. The van der Waals surface area contributed by atoms with Crippen LogP contribution in [0, 0.1) is 6.92 Å². The van der Waals surface area contributed by atoms with Gasteiger partial charge >= 0.3 is 0 Å². The SMILES string of the molecule is Cc1ccc(S(=O)(=O)C(O)COCC(O)c2ccc(OCc3ccccc3)cc2)cc1. The molecule has 0 heterocycles. The van der Waals surface area contributed by atoms with Gasteiger partial charge in [0.25, 0.3) is 0 Å². The maximum atomic E-state index is 12.4. The molecule has 0 bridgehead atoms. The zero-order valence-corrected chi connectivity index (χ0v) is 18.0. The summed E-state index contributed by atoms with van der Waals surface area (Å²) in [6.45, 7) is 1.70. The highest BCUT2D eigenvalue weighted by Crippen LogP contribution is 2.20. The van der Waals surface area contributed by atoms with Crippen LogP contribution in [0.2, 0.25) is 0 Å². The average molecular weight is 443 g/mol. The number of sulfone groups is 1. The number of aliphatic hydroxyl groups is 2. The van der Waals surface area contributed by atoms with Crippen LogP contribution in [-0.2, 0) is 21.2 Å². The summed E-state index contributed by atoms with van der Waals surface area (Å²) in [4.78, 5) is 0.0286. The van der Waals surface area contributed by atoms with Crippen molar-refractivity contribution in [2.24, 2.45) is 0 Å². The molecule has 2 atom stereocenters. The van der Waals surface area contributed by atoms with Gasteiger partial charge in [-0.25, -0.2) is 8.42 Å². The van der Waals surface area contributed by atoms with E-state index < -0.39 is 28.0 Å². The summed E-state index contributed by atoms with van der Waals surface area (Å²) >= 11 is 0. The molecule has 0 spiro atoms. The molecular weight excluding hydrogens is 416 g/mol. The highest BCUT2D eigenvalue weighted by Gasteiger charge is 2.25. The number of rotatable bonds is 10. The first-order valence-electron chi connectivity index (χ1n) is 9.87. The van der Waals surface area contributed by atoms with E-state index in [1.807, 2.05) is 37.3 Å². The summed E-state index contributed by atoms with van der Waals surface area (Å²) in [6, 6.07) is 22.9. The van der Waals surface area contributed by atoms with E-state index in [4.69, 9.17) is 9.47 Å². The van der Waals surface area contributed by atoms with E-state index >= 15 is 0 Å². The van der Waals surface area contributed by atoms with Crippen molar-refractivity contribution in [3.05, 3.63) is 95.6 Å². The van der Waals surface area contributed by atoms with Crippen molar-refractivity contribution >= 4 is 9.84 Å². The van der Waals surface area contributed by atoms with E-state index in [1.54, 1.807) is 36.4 Å². The molecule has 3 aromatic rings. The second-order valence-corrected chi connectivity index (χ2v) is 9.31. The van der Waals surface area contributed by atoms with Gasteiger partial charge in [0.05, 0.1) is 18.1 Å². The Labute approximate surface area is 182 Å². The molecule has 0 aliphatic rings. The summed E-state index contributed by atoms with van der Waals surface area (Å²) in [5.74, 6) is 0.667. The second kappa shape index (κ2) is 10.5. The Hall–Kier alpha value is -2.71. The molecule has 0 saturated heterocycles. The average Bonchev–Trinajstić information content (AvgIpc) is 2.79. The molecule has 7 heteroatoms. The number of ether oxygens (including phenoxy) is 2. The first-order chi connectivity index (χ1) is 14.9. The lowest BCUT2D eigenvalue weighted by Crippen LogP contribution is -2.27. The van der Waals surface area contributed by atoms with Crippen LogP contribution < -0.4 is 4.74 Å². The minimum absolute atomic E-state index is 0.0286. The van der Waals surface area contributed by atoms with E-state index in [-0.39, 0.29) is 11.5 Å². The molecule has 0 aliphatic carbocycles. The van der Waals surface area contributed by atoms with Crippen LogP contribution in [0.4, 0.5) is 0 Å². The molecular formula is C24H26O6S. The van der Waals surface area contributed by atoms with E-state index in [2.05, 4.69) is 0 Å². The van der Waals surface area contributed by atoms with Gasteiger partial charge in [-0.05, 0) is 42.3 Å². The highest BCUT2D eigenvalue weighted by atomic mass is 32.2. The van der Waals surface area contributed by atoms with Gasteiger partial charge in [0.1, 0.15) is 18.5 Å². The van der Waals surface area contributed by atoms with Gasteiger partial charge in [-0.15, -0.1) is 0 Å². The summed E-state index contributed by atoms with van der Waals surface area (Å²) in [7, 11) is -3.92. The molecule has 3 aromatic carbocycles. The Morgan fingerprint density at radius 3 is 2.13 bits per heavy atom. The fourth-order valence-corrected chi connectivity index (χ4v) is 3.98. The zero-order chi connectivity index (χ0) is 22.3. The highest BCUT2D eigenvalue weighted by molar-refractivity contribution is 7.91. The number of hydrogen-bond acceptors (Lipinski definition) is 6. The maximum absolute atomic E-state index is 12.4. The van der Waals surface area contributed by atoms with Crippen LogP contribution >= 0.6 is 0 Å². The molecule has 0 radical (unpaired) electrons. The van der Waals surface area contributed by atoms with Gasteiger partial charge in [0.15, 0.2) is 5.44 Å². The van der Waals surface area contributed by atoms with Gasteiger partial charge in [-0.2, -0.15) is 0 Å². The van der Waals surface area contributed by atoms with Crippen molar-refractivity contribution in [1.29, 1.82) is 0 Å². The molecule has 2 N–H and O–H groups in total. The van der Waals surface area contributed by atoms with Crippen molar-refractivity contribution in [1.82, 2.24) is 0 Å². The lowest BCUT2D eigenvalue weighted by Gasteiger charge is -2.16. The predicted octanol–water partition coefficient (Wildman–Crippen LogP) is 3.42. The van der Waals surface area contributed by atoms with Crippen LogP contribution in [0.15, 0.2) is 83.8 Å². The van der Waals surface area contributed by atoms with Gasteiger partial charge in [-0.3, -0.25) is 0 Å². The Kier molecular flexibility index (Phi) is 7.81. The fourth-order valence-electron chi connectivity index (χ4n) is 2.88. The van der Waals surface area contributed by atoms with Gasteiger partial charge in [0.2, 0.25) is 9.84 Å². The van der Waals surface area contributed by atoms with Gasteiger partial charge in [-0.1, -0.05) is 60.2 Å². The van der Waals surface area contributed by atoms with Crippen molar-refractivity contribution in [3.8, 4) is 5.75 Å². The van der Waals surface area contributed by atoms with Gasteiger partial charge < -0.3 is 19.7 Å². The summed E-state index contributed by atoms with van der Waals surface area (Å²) in [5.41, 5.74) is 0.863. The van der Waals surface area contributed by atoms with E-state index in [9.17, 15) is 18.6 Å². The minimum atomic E-state index is -3.92. The van der Waals surface area contributed by atoms with Crippen LogP contribution in [0.25, 0.3) is 0 Å². The lowest BCUT2D eigenvalue weighted by molar-refractivity contribution is 0.0115. The van der Waals surface area contributed by atoms with Crippen molar-refractivity contribution < 1.29 is 28.1 Å². The second-order valence-electron chi connectivity index (χ2n) is 7.21. The van der Waals surface area contributed by atoms with Crippen LogP contribution in [0.3, 0.4) is 0 Å².